The largest absolute Gasteiger partial charge is 0.508 e. The minimum absolute atomic E-state index is 0.0308. The van der Waals surface area contributed by atoms with Crippen LogP contribution in [0.3, 0.4) is 0 Å². The summed E-state index contributed by atoms with van der Waals surface area (Å²) < 4.78 is 0. The lowest BCUT2D eigenvalue weighted by molar-refractivity contribution is 0.0992. The fourth-order valence-electron chi connectivity index (χ4n) is 1.82. The van der Waals surface area contributed by atoms with Crippen molar-refractivity contribution in [2.75, 3.05) is 0 Å². The molecule has 0 saturated heterocycles. The van der Waals surface area contributed by atoms with Gasteiger partial charge in [0.2, 0.25) is 0 Å². The summed E-state index contributed by atoms with van der Waals surface area (Å²) in [6, 6.07) is 13.8. The van der Waals surface area contributed by atoms with Crippen molar-refractivity contribution in [1.29, 1.82) is 0 Å². The van der Waals surface area contributed by atoms with Crippen molar-refractivity contribution in [2.45, 2.75) is 12.5 Å². The van der Waals surface area contributed by atoms with Crippen molar-refractivity contribution in [3.8, 4) is 5.75 Å². The van der Waals surface area contributed by atoms with E-state index in [4.69, 9.17) is 11.6 Å². The van der Waals surface area contributed by atoms with Gasteiger partial charge in [-0.3, -0.25) is 0 Å². The molecule has 0 aliphatic rings. The third-order valence-electron chi connectivity index (χ3n) is 2.82. The van der Waals surface area contributed by atoms with E-state index in [1.165, 1.54) is 6.07 Å². The summed E-state index contributed by atoms with van der Waals surface area (Å²) in [6.07, 6.45) is 0. The van der Waals surface area contributed by atoms with E-state index >= 15 is 0 Å². The molecule has 0 spiro atoms. The first-order valence-electron chi connectivity index (χ1n) is 5.28. The van der Waals surface area contributed by atoms with E-state index in [0.29, 0.717) is 16.1 Å². The van der Waals surface area contributed by atoms with Crippen LogP contribution < -0.4 is 0 Å². The number of aromatic hydroxyl groups is 1. The van der Waals surface area contributed by atoms with Gasteiger partial charge in [-0.15, -0.1) is 0 Å². The molecule has 1 atom stereocenters. The van der Waals surface area contributed by atoms with Gasteiger partial charge in [0.05, 0.1) is 0 Å². The van der Waals surface area contributed by atoms with Gasteiger partial charge in [-0.1, -0.05) is 41.9 Å². The standard InChI is InChI=1S/C14H13ClO2/c1-14(17,10-5-3-2-4-6-10)12-9-11(15)7-8-13(12)16/h2-9,16-17H,1H3. The highest BCUT2D eigenvalue weighted by molar-refractivity contribution is 6.30. The second-order valence-corrected chi connectivity index (χ2v) is 4.54. The number of halogens is 1. The van der Waals surface area contributed by atoms with Gasteiger partial charge in [0.15, 0.2) is 0 Å². The molecule has 2 N–H and O–H groups in total. The van der Waals surface area contributed by atoms with Gasteiger partial charge in [0.25, 0.3) is 0 Å². The number of phenols is 1. The molecule has 2 aromatic carbocycles. The predicted molar refractivity (Wildman–Crippen MR) is 68.2 cm³/mol. The first kappa shape index (κ1) is 12.0. The van der Waals surface area contributed by atoms with Crippen LogP contribution in [0, 0.1) is 0 Å². The number of hydrogen-bond acceptors (Lipinski definition) is 2. The Bertz CT molecular complexity index is 521. The van der Waals surface area contributed by atoms with Crippen LogP contribution in [0.5, 0.6) is 5.75 Å². The lowest BCUT2D eigenvalue weighted by Gasteiger charge is -2.25. The van der Waals surface area contributed by atoms with Crippen molar-refractivity contribution in [1.82, 2.24) is 0 Å². The third-order valence-corrected chi connectivity index (χ3v) is 3.05. The topological polar surface area (TPSA) is 40.5 Å². The third kappa shape index (κ3) is 2.28. The van der Waals surface area contributed by atoms with Crippen LogP contribution in [0.25, 0.3) is 0 Å². The number of benzene rings is 2. The van der Waals surface area contributed by atoms with Crippen molar-refractivity contribution < 1.29 is 10.2 Å². The molecule has 0 aromatic heterocycles. The molecule has 0 saturated carbocycles. The maximum absolute atomic E-state index is 10.5. The van der Waals surface area contributed by atoms with Gasteiger partial charge in [-0.2, -0.15) is 0 Å². The molecule has 17 heavy (non-hydrogen) atoms. The van der Waals surface area contributed by atoms with Gasteiger partial charge in [0.1, 0.15) is 11.4 Å². The van der Waals surface area contributed by atoms with Crippen LogP contribution in [-0.4, -0.2) is 10.2 Å². The minimum atomic E-state index is -1.27. The Morgan fingerprint density at radius 3 is 2.35 bits per heavy atom. The van der Waals surface area contributed by atoms with Crippen LogP contribution >= 0.6 is 11.6 Å². The highest BCUT2D eigenvalue weighted by Gasteiger charge is 2.28. The number of hydrogen-bond donors (Lipinski definition) is 2. The lowest BCUT2D eigenvalue weighted by Crippen LogP contribution is -2.22. The molecule has 1 unspecified atom stereocenters. The van der Waals surface area contributed by atoms with Crippen molar-refractivity contribution >= 4 is 11.6 Å². The Labute approximate surface area is 105 Å². The SMILES string of the molecule is CC(O)(c1ccccc1)c1cc(Cl)ccc1O. The molecule has 0 aliphatic carbocycles. The van der Waals surface area contributed by atoms with Gasteiger partial charge in [0, 0.05) is 10.6 Å². The van der Waals surface area contributed by atoms with E-state index in [9.17, 15) is 10.2 Å². The second-order valence-electron chi connectivity index (χ2n) is 4.10. The van der Waals surface area contributed by atoms with Gasteiger partial charge in [-0.25, -0.2) is 0 Å². The molecule has 2 nitrogen and oxygen atoms in total. The summed E-state index contributed by atoms with van der Waals surface area (Å²) in [5, 5.41) is 20.8. The summed E-state index contributed by atoms with van der Waals surface area (Å²) in [7, 11) is 0. The van der Waals surface area contributed by atoms with Crippen LogP contribution in [0.15, 0.2) is 48.5 Å². The van der Waals surface area contributed by atoms with Crippen LogP contribution in [0.2, 0.25) is 5.02 Å². The highest BCUT2D eigenvalue weighted by atomic mass is 35.5. The molecule has 0 heterocycles. The summed E-state index contributed by atoms with van der Waals surface area (Å²) >= 11 is 5.89. The van der Waals surface area contributed by atoms with E-state index in [2.05, 4.69) is 0 Å². The first-order chi connectivity index (χ1) is 8.01. The Kier molecular flexibility index (Phi) is 3.09. The molecular weight excluding hydrogens is 236 g/mol. The van der Waals surface area contributed by atoms with Gasteiger partial charge in [-0.05, 0) is 30.7 Å². The normalized spacial score (nSPS) is 14.3. The zero-order valence-electron chi connectivity index (χ0n) is 9.39. The van der Waals surface area contributed by atoms with E-state index in [0.717, 1.165) is 0 Å². The van der Waals surface area contributed by atoms with Crippen LogP contribution in [0.4, 0.5) is 0 Å². The average molecular weight is 249 g/mol. The van der Waals surface area contributed by atoms with E-state index in [1.807, 2.05) is 18.2 Å². The Hall–Kier alpha value is -1.51. The monoisotopic (exact) mass is 248 g/mol. The molecule has 88 valence electrons. The minimum Gasteiger partial charge on any atom is -0.508 e. The number of aliphatic hydroxyl groups is 1. The zero-order chi connectivity index (χ0) is 12.5. The maximum Gasteiger partial charge on any atom is 0.122 e. The van der Waals surface area contributed by atoms with Crippen molar-refractivity contribution in [2.24, 2.45) is 0 Å². The van der Waals surface area contributed by atoms with Gasteiger partial charge >= 0.3 is 0 Å². The fourth-order valence-corrected chi connectivity index (χ4v) is 1.99. The number of phenolic OH excluding ortho intramolecular Hbond substituents is 1. The molecule has 0 fully saturated rings. The van der Waals surface area contributed by atoms with Crippen molar-refractivity contribution in [3.05, 3.63) is 64.7 Å². The molecule has 2 rings (SSSR count). The zero-order valence-corrected chi connectivity index (χ0v) is 10.1. The first-order valence-corrected chi connectivity index (χ1v) is 5.66. The van der Waals surface area contributed by atoms with Crippen molar-refractivity contribution in [3.63, 3.8) is 0 Å². The second kappa shape index (κ2) is 4.40. The molecular formula is C14H13ClO2. The summed E-state index contributed by atoms with van der Waals surface area (Å²) in [6.45, 7) is 1.63. The fraction of sp³-hybridized carbons (Fsp3) is 0.143. The predicted octanol–water partition coefficient (Wildman–Crippen LogP) is 3.30. The number of rotatable bonds is 2. The van der Waals surface area contributed by atoms with Gasteiger partial charge < -0.3 is 10.2 Å². The Morgan fingerprint density at radius 1 is 1.06 bits per heavy atom. The molecule has 0 amide bonds. The summed E-state index contributed by atoms with van der Waals surface area (Å²) in [5.41, 5.74) is -0.162. The summed E-state index contributed by atoms with van der Waals surface area (Å²) in [5.74, 6) is 0.0308. The van der Waals surface area contributed by atoms with Crippen LogP contribution in [0.1, 0.15) is 18.1 Å². The molecule has 0 bridgehead atoms. The Balaban J connectivity index is 2.55. The quantitative estimate of drug-likeness (QED) is 0.856. The highest BCUT2D eigenvalue weighted by Crippen LogP contribution is 2.36. The van der Waals surface area contributed by atoms with E-state index in [-0.39, 0.29) is 5.75 Å². The average Bonchev–Trinajstić information content (AvgIpc) is 2.33. The molecule has 0 aliphatic heterocycles. The van der Waals surface area contributed by atoms with E-state index < -0.39 is 5.60 Å². The smallest absolute Gasteiger partial charge is 0.122 e. The Morgan fingerprint density at radius 2 is 1.71 bits per heavy atom. The van der Waals surface area contributed by atoms with E-state index in [1.54, 1.807) is 31.2 Å². The molecule has 3 heteroatoms. The maximum atomic E-state index is 10.5. The van der Waals surface area contributed by atoms with Crippen LogP contribution in [-0.2, 0) is 5.60 Å². The summed E-state index contributed by atoms with van der Waals surface area (Å²) in [4.78, 5) is 0. The molecule has 2 aromatic rings. The molecule has 0 radical (unpaired) electrons. The lowest BCUT2D eigenvalue weighted by atomic mass is 9.88.